The van der Waals surface area contributed by atoms with Gasteiger partial charge in [0.05, 0.1) is 0 Å². The third-order valence-corrected chi connectivity index (χ3v) is 0. The molecule has 0 heterocycles. The van der Waals surface area contributed by atoms with Crippen molar-refractivity contribution in [2.24, 2.45) is 0 Å². The van der Waals surface area contributed by atoms with Crippen LogP contribution < -0.4 is 0 Å². The van der Waals surface area contributed by atoms with Crippen molar-refractivity contribution in [1.82, 2.24) is 0 Å². The van der Waals surface area contributed by atoms with E-state index in [1.165, 1.54) is 0 Å². The van der Waals surface area contributed by atoms with Crippen LogP contribution in [-0.4, -0.2) is 43.8 Å². The molecule has 0 radical (unpaired) electrons. The van der Waals surface area contributed by atoms with E-state index in [-0.39, 0.29) is 43.8 Å². The van der Waals surface area contributed by atoms with E-state index in [4.69, 9.17) is 23.9 Å². The third-order valence-electron chi connectivity index (χ3n) is 0. The van der Waals surface area contributed by atoms with Crippen molar-refractivity contribution < 1.29 is 109 Å². The Kier molecular flexibility index (Phi) is 795. The predicted octanol–water partition coefficient (Wildman–Crippen LogP) is -3.84. The maximum atomic E-state index is 4.97. The number of hydrogen-bond donors (Lipinski definition) is 0. The second kappa shape index (κ2) is 131. The molecule has 0 aromatic carbocycles. The summed E-state index contributed by atoms with van der Waals surface area (Å²) in [5, 5.41) is 0. The molecule has 0 bridgehead atoms. The van der Waals surface area contributed by atoms with Gasteiger partial charge in [0.1, 0.15) is 0 Å². The molecule has 0 saturated heterocycles. The van der Waals surface area contributed by atoms with E-state index in [1.807, 2.05) is 0 Å². The second-order valence-corrected chi connectivity index (χ2v) is 11.9. The van der Waals surface area contributed by atoms with Gasteiger partial charge in [-0.3, -0.25) is 0 Å². The van der Waals surface area contributed by atoms with E-state index in [2.05, 4.69) is 0 Å². The zero-order chi connectivity index (χ0) is 5.41. The molecule has 0 aromatic rings. The molecule has 0 amide bonds. The quantitative estimate of drug-likeness (QED) is 0.231. The molecule has 16 N–H and O–H groups in total. The Bertz CT molecular complexity index is 21.3. The summed E-state index contributed by atoms with van der Waals surface area (Å²) in [5.41, 5.74) is 0. The van der Waals surface area contributed by atoms with Crippen LogP contribution >= 0.6 is 23.9 Å². The summed E-state index contributed by atoms with van der Waals surface area (Å²) >= 11 is -2.12. The van der Waals surface area contributed by atoms with Gasteiger partial charge < -0.3 is 43.8 Å². The molecule has 14 heavy (non-hydrogen) atoms. The van der Waals surface area contributed by atoms with Crippen molar-refractivity contribution in [3.05, 3.63) is 0 Å². The van der Waals surface area contributed by atoms with E-state index >= 15 is 0 Å². The summed E-state index contributed by atoms with van der Waals surface area (Å²) in [7, 11) is 0. The molecule has 0 spiro atoms. The molecule has 100 valence electrons. The first-order valence-electron chi connectivity index (χ1n) is 0.756. The predicted molar refractivity (Wildman–Crippen MR) is 52.3 cm³/mol. The average molecular weight is 750 g/mol. The van der Waals surface area contributed by atoms with Crippen LogP contribution in [0, 0.1) is 65.5 Å². The van der Waals surface area contributed by atoms with Crippen LogP contribution in [0.1, 0.15) is 0 Å². The second-order valence-electron chi connectivity index (χ2n) is 0.143. The molecule has 0 aliphatic rings. The van der Waals surface area contributed by atoms with Crippen LogP contribution in [0.3, 0.4) is 0 Å². The third kappa shape index (κ3) is 267. The first kappa shape index (κ1) is 84.8. The molecular weight excluding hydrogens is 734 g/mol. The Morgan fingerprint density at radius 2 is 0.357 bits per heavy atom. The first-order valence-corrected chi connectivity index (χ1v) is 20.9. The van der Waals surface area contributed by atoms with E-state index in [1.54, 1.807) is 0 Å². The fourth-order valence-electron chi connectivity index (χ4n) is 0. The summed E-state index contributed by atoms with van der Waals surface area (Å²) < 4.78 is 0. The Morgan fingerprint density at radius 3 is 0.357 bits per heavy atom. The standard InChI is InChI=1S/4ClH.8H2O.2Th/h4*1H;8*1H2;;/q;;;;;;;;;;;;2*+2/p-4. The fourth-order valence-corrected chi connectivity index (χ4v) is 0. The topological polar surface area (TPSA) is 252 Å². The van der Waals surface area contributed by atoms with Gasteiger partial charge in [-0.25, -0.2) is 0 Å². The molecule has 0 fully saturated rings. The zero-order valence-corrected chi connectivity index (χ0v) is 17.8. The first-order chi connectivity index (χ1) is 2.83. The van der Waals surface area contributed by atoms with E-state index < -0.39 is 65.5 Å². The van der Waals surface area contributed by atoms with Gasteiger partial charge in [0.25, 0.3) is 0 Å². The van der Waals surface area contributed by atoms with E-state index in [0.717, 1.165) is 0 Å². The Hall–Kier alpha value is 3.49. The number of halogens is 4. The summed E-state index contributed by atoms with van der Waals surface area (Å²) in [6.45, 7) is 0. The van der Waals surface area contributed by atoms with Crippen molar-refractivity contribution in [1.29, 1.82) is 0 Å². The number of rotatable bonds is 0. The molecule has 8 nitrogen and oxygen atoms in total. The zero-order valence-electron chi connectivity index (χ0n) is 6.51. The summed E-state index contributed by atoms with van der Waals surface area (Å²) in [5.74, 6) is 19.9. The van der Waals surface area contributed by atoms with Gasteiger partial charge in [-0.15, -0.1) is 0 Å². The van der Waals surface area contributed by atoms with Crippen LogP contribution in [0.15, 0.2) is 0 Å². The van der Waals surface area contributed by atoms with Gasteiger partial charge in [0, 0.05) is 0 Å². The molecule has 0 unspecified atom stereocenters. The molecule has 0 saturated carbocycles. The maximum absolute atomic E-state index is 4.97. The van der Waals surface area contributed by atoms with Crippen LogP contribution in [-0.2, 0) is 0 Å². The summed E-state index contributed by atoms with van der Waals surface area (Å²) in [6, 6.07) is 0. The van der Waals surface area contributed by atoms with Crippen molar-refractivity contribution >= 4 is 23.9 Å². The summed E-state index contributed by atoms with van der Waals surface area (Å²) in [6.07, 6.45) is 0. The van der Waals surface area contributed by atoms with Crippen LogP contribution in [0.4, 0.5) is 0 Å². The van der Waals surface area contributed by atoms with E-state index in [9.17, 15) is 0 Å². The molecule has 0 aromatic heterocycles. The summed E-state index contributed by atoms with van der Waals surface area (Å²) in [4.78, 5) is 0. The Labute approximate surface area is 130 Å². The van der Waals surface area contributed by atoms with Gasteiger partial charge >= 0.3 is 89.4 Å². The monoisotopic (exact) mass is 748 g/mol. The van der Waals surface area contributed by atoms with Crippen LogP contribution in [0.5, 0.6) is 0 Å². The van der Waals surface area contributed by atoms with Gasteiger partial charge in [-0.1, -0.05) is 0 Å². The van der Waals surface area contributed by atoms with Crippen molar-refractivity contribution in [3.63, 3.8) is 0 Å². The van der Waals surface area contributed by atoms with Crippen LogP contribution in [0.2, 0.25) is 0 Å². The van der Waals surface area contributed by atoms with Crippen molar-refractivity contribution in [3.8, 4) is 0 Å². The van der Waals surface area contributed by atoms with Gasteiger partial charge in [-0.2, -0.15) is 0 Å². The molecule has 0 rings (SSSR count). The normalized spacial score (nSPS) is 1.43. The fraction of sp³-hybridized carbons (Fsp3) is 0. The molecule has 0 aliphatic carbocycles. The Morgan fingerprint density at radius 1 is 0.357 bits per heavy atom. The van der Waals surface area contributed by atoms with Gasteiger partial charge in [0.15, 0.2) is 0 Å². The number of hydrogen-bond acceptors (Lipinski definition) is 0. The SMILES string of the molecule is O.O.O.O.O.O.O.O.[Cl][Th][Cl].[Cl][Th][Cl]. The molecule has 14 heteroatoms. The van der Waals surface area contributed by atoms with E-state index in [0.29, 0.717) is 0 Å². The van der Waals surface area contributed by atoms with Crippen LogP contribution in [0.25, 0.3) is 0 Å². The average Bonchev–Trinajstić information content (AvgIpc) is 1.39. The molecular formula is H16Cl4O8Th2. The molecule has 0 aliphatic heterocycles. The van der Waals surface area contributed by atoms with Gasteiger partial charge in [0.2, 0.25) is 0 Å². The van der Waals surface area contributed by atoms with Gasteiger partial charge in [-0.05, 0) is 0 Å². The molecule has 0 atom stereocenters. The minimum atomic E-state index is -1.06. The Balaban J connectivity index is -0.00000000182. The minimum absolute atomic E-state index is 0. The van der Waals surface area contributed by atoms with Crippen molar-refractivity contribution in [2.75, 3.05) is 0 Å². The van der Waals surface area contributed by atoms with Crippen molar-refractivity contribution in [2.45, 2.75) is 0 Å².